The number of fused-ring (bicyclic) bond motifs is 3. The summed E-state index contributed by atoms with van der Waals surface area (Å²) in [5.41, 5.74) is 19.4. The van der Waals surface area contributed by atoms with E-state index in [2.05, 4.69) is 233 Å². The molecule has 304 valence electrons. The summed E-state index contributed by atoms with van der Waals surface area (Å²) < 4.78 is 4.70. The Morgan fingerprint density at radius 3 is 0.952 bits per heavy atom. The summed E-state index contributed by atoms with van der Waals surface area (Å²) in [5, 5.41) is 13.4. The van der Waals surface area contributed by atoms with Gasteiger partial charge in [0.15, 0.2) is 0 Å². The zero-order valence-electron chi connectivity index (χ0n) is 36.5. The number of benzene rings is 8. The van der Waals surface area contributed by atoms with Gasteiger partial charge in [-0.15, -0.1) is 0 Å². The zero-order valence-corrected chi connectivity index (χ0v) is 36.5. The lowest BCUT2D eigenvalue weighted by Gasteiger charge is -2.27. The van der Waals surface area contributed by atoms with Crippen molar-refractivity contribution in [2.45, 2.75) is 65.2 Å². The van der Waals surface area contributed by atoms with E-state index >= 15 is 0 Å². The third-order valence-electron chi connectivity index (χ3n) is 13.6. The Bertz CT molecular complexity index is 2820. The molecule has 1 aliphatic carbocycles. The van der Waals surface area contributed by atoms with Gasteiger partial charge >= 0.3 is 0 Å². The van der Waals surface area contributed by atoms with E-state index in [4.69, 9.17) is 0 Å². The highest BCUT2D eigenvalue weighted by Gasteiger charge is 2.36. The molecule has 0 aliphatic heterocycles. The van der Waals surface area contributed by atoms with Crippen molar-refractivity contribution in [2.24, 2.45) is 0 Å². The molecule has 1 N–H and O–H groups in total. The van der Waals surface area contributed by atoms with Gasteiger partial charge in [0.2, 0.25) is 5.62 Å². The third-order valence-corrected chi connectivity index (χ3v) is 13.6. The maximum absolute atomic E-state index is 11.0. The van der Waals surface area contributed by atoms with Crippen LogP contribution < -0.4 is 5.62 Å². The molecule has 1 aliphatic rings. The minimum atomic E-state index is 0.0556. The molecule has 3 nitrogen and oxygen atoms in total. The van der Waals surface area contributed by atoms with Gasteiger partial charge in [0.05, 0.1) is 22.8 Å². The average molecular weight is 804 g/mol. The monoisotopic (exact) mass is 803 g/mol. The second-order valence-corrected chi connectivity index (χ2v) is 17.5. The maximum atomic E-state index is 11.0. The molecule has 0 radical (unpaired) electrons. The quantitative estimate of drug-likeness (QED) is 0.143. The van der Waals surface area contributed by atoms with E-state index in [1.54, 1.807) is 0 Å². The van der Waals surface area contributed by atoms with Gasteiger partial charge in [0.25, 0.3) is 0 Å². The van der Waals surface area contributed by atoms with Crippen LogP contribution in [-0.4, -0.2) is 9.13 Å². The first-order valence-corrected chi connectivity index (χ1v) is 22.2. The molecule has 62 heavy (non-hydrogen) atoms. The van der Waals surface area contributed by atoms with Crippen molar-refractivity contribution in [3.8, 4) is 33.9 Å². The van der Waals surface area contributed by atoms with E-state index < -0.39 is 0 Å². The minimum absolute atomic E-state index is 0.0556. The van der Waals surface area contributed by atoms with Gasteiger partial charge in [-0.2, -0.15) is 0 Å². The van der Waals surface area contributed by atoms with Gasteiger partial charge < -0.3 is 0 Å². The molecule has 0 saturated heterocycles. The summed E-state index contributed by atoms with van der Waals surface area (Å²) in [6.45, 7) is 13.8. The molecule has 1 heterocycles. The van der Waals surface area contributed by atoms with Gasteiger partial charge in [0, 0.05) is 40.2 Å². The standard InChI is InChI=1S/C59H53N3/c1-37-33-50(39(3)43-21-11-7-12-22-43)55(51(34-37)40(4)44-23-13-8-14-24-44)61-57-48-31-19-29-47-30-20-32-49(54(47)48)58(57)62(59(61)60)56-52(41(5)45-25-15-9-16-26-45)35-38(2)36-53(56)42(6)46-27-17-10-18-28-46/h7-36,39-42,60H,1-6H3. The van der Waals surface area contributed by atoms with Crippen LogP contribution >= 0.6 is 0 Å². The Balaban J connectivity index is 1.38. The fraction of sp³-hybridized carbons (Fsp3) is 0.169. The molecule has 10 rings (SSSR count). The summed E-state index contributed by atoms with van der Waals surface area (Å²) >= 11 is 0. The molecule has 0 fully saturated rings. The largest absolute Gasteiger partial charge is 0.277 e. The number of nitrogens with zero attached hydrogens (tertiary/aromatic N) is 2. The van der Waals surface area contributed by atoms with Crippen LogP contribution in [0.2, 0.25) is 0 Å². The normalized spacial score (nSPS) is 13.8. The SMILES string of the molecule is Cc1cc(C(C)c2ccccc2)c(-n2c3c(n(-c4c(C(C)c5ccccc5)cc(C)cc4C(C)c4ccccc4)c2=N)-c2cccc4cccc-3c24)c(C(C)c2ccccc2)c1. The lowest BCUT2D eigenvalue weighted by Crippen LogP contribution is -2.28. The highest BCUT2D eigenvalue weighted by atomic mass is 15.2. The van der Waals surface area contributed by atoms with Gasteiger partial charge in [-0.3, -0.25) is 14.5 Å². The Kier molecular flexibility index (Phi) is 9.99. The Hall–Kier alpha value is -6.97. The van der Waals surface area contributed by atoms with Crippen molar-refractivity contribution in [1.82, 2.24) is 9.13 Å². The molecule has 4 unspecified atom stereocenters. The smallest absolute Gasteiger partial charge is 0.212 e. The molecule has 0 saturated carbocycles. The molecule has 0 spiro atoms. The predicted molar refractivity (Wildman–Crippen MR) is 258 cm³/mol. The van der Waals surface area contributed by atoms with Gasteiger partial charge in [-0.05, 0) is 63.7 Å². The molecule has 9 aromatic rings. The molecule has 4 atom stereocenters. The number of hydrogen-bond acceptors (Lipinski definition) is 1. The van der Waals surface area contributed by atoms with E-state index in [1.165, 1.54) is 77.5 Å². The zero-order chi connectivity index (χ0) is 42.6. The number of aromatic nitrogens is 2. The highest BCUT2D eigenvalue weighted by Crippen LogP contribution is 2.51. The Morgan fingerprint density at radius 2 is 0.661 bits per heavy atom. The third kappa shape index (κ3) is 6.46. The number of hydrogen-bond donors (Lipinski definition) is 1. The lowest BCUT2D eigenvalue weighted by molar-refractivity contribution is 0.773. The first-order valence-electron chi connectivity index (χ1n) is 22.2. The summed E-state index contributed by atoms with van der Waals surface area (Å²) in [6.07, 6.45) is 0. The van der Waals surface area contributed by atoms with Crippen LogP contribution in [0.5, 0.6) is 0 Å². The van der Waals surface area contributed by atoms with Crippen molar-refractivity contribution in [3.05, 3.63) is 243 Å². The van der Waals surface area contributed by atoms with Gasteiger partial charge in [-0.25, -0.2) is 0 Å². The predicted octanol–water partition coefficient (Wildman–Crippen LogP) is 14.8. The number of nitrogens with one attached hydrogen (secondary N) is 1. The van der Waals surface area contributed by atoms with Gasteiger partial charge in [-0.1, -0.05) is 221 Å². The molecule has 0 amide bonds. The second-order valence-electron chi connectivity index (χ2n) is 17.5. The van der Waals surface area contributed by atoms with Gasteiger partial charge in [0.1, 0.15) is 0 Å². The summed E-state index contributed by atoms with van der Waals surface area (Å²) in [5.74, 6) is 0.222. The number of imidazole rings is 1. The number of aryl methyl sites for hydroxylation is 2. The van der Waals surface area contributed by atoms with E-state index in [-0.39, 0.29) is 23.7 Å². The fourth-order valence-electron chi connectivity index (χ4n) is 10.4. The summed E-state index contributed by atoms with van der Waals surface area (Å²) in [7, 11) is 0. The minimum Gasteiger partial charge on any atom is -0.277 e. The second kappa shape index (κ2) is 15.8. The Morgan fingerprint density at radius 1 is 0.371 bits per heavy atom. The molecular formula is C59H53N3. The van der Waals surface area contributed by atoms with Crippen molar-refractivity contribution in [2.75, 3.05) is 0 Å². The molecule has 1 aromatic heterocycles. The molecule has 3 heteroatoms. The van der Waals surface area contributed by atoms with E-state index in [0.29, 0.717) is 5.62 Å². The van der Waals surface area contributed by atoms with Crippen LogP contribution in [0, 0.1) is 19.3 Å². The summed E-state index contributed by atoms with van der Waals surface area (Å²) in [4.78, 5) is 0. The maximum Gasteiger partial charge on any atom is 0.212 e. The van der Waals surface area contributed by atoms with Crippen LogP contribution in [0.3, 0.4) is 0 Å². The van der Waals surface area contributed by atoms with Crippen LogP contribution in [0.4, 0.5) is 0 Å². The van der Waals surface area contributed by atoms with E-state index in [0.717, 1.165) is 22.8 Å². The van der Waals surface area contributed by atoms with E-state index in [9.17, 15) is 5.41 Å². The average Bonchev–Trinajstić information content (AvgIpc) is 3.80. The van der Waals surface area contributed by atoms with Crippen LogP contribution in [-0.2, 0) is 0 Å². The Labute approximate surface area is 366 Å². The topological polar surface area (TPSA) is 33.7 Å². The first kappa shape index (κ1) is 39.2. The van der Waals surface area contributed by atoms with Crippen LogP contribution in [0.15, 0.2) is 182 Å². The van der Waals surface area contributed by atoms with Crippen molar-refractivity contribution >= 4 is 10.8 Å². The molecule has 8 aromatic carbocycles. The molecular weight excluding hydrogens is 751 g/mol. The van der Waals surface area contributed by atoms with E-state index in [1.807, 2.05) is 0 Å². The van der Waals surface area contributed by atoms with Crippen molar-refractivity contribution in [3.63, 3.8) is 0 Å². The lowest BCUT2D eigenvalue weighted by atomic mass is 9.83. The first-order chi connectivity index (χ1) is 30.2. The number of rotatable bonds is 10. The van der Waals surface area contributed by atoms with Crippen LogP contribution in [0.25, 0.3) is 44.7 Å². The fourth-order valence-corrected chi connectivity index (χ4v) is 10.4. The molecule has 0 bridgehead atoms. The highest BCUT2D eigenvalue weighted by molar-refractivity contribution is 6.14. The van der Waals surface area contributed by atoms with Crippen molar-refractivity contribution in [1.29, 1.82) is 5.41 Å². The van der Waals surface area contributed by atoms with Crippen LogP contribution in [0.1, 0.15) is 107 Å². The van der Waals surface area contributed by atoms with Crippen molar-refractivity contribution < 1.29 is 0 Å². The summed E-state index contributed by atoms with van der Waals surface area (Å²) in [6, 6.07) is 66.5.